The fourth-order valence-electron chi connectivity index (χ4n) is 2.75. The summed E-state index contributed by atoms with van der Waals surface area (Å²) in [5.74, 6) is -3.86. The standard InChI is InChI=1S/C21H18ClN5O5/c1-2-17(28)24-14-7-3-12(4-8-14)18(29)26-23-11-16-19(30)25-21(32)27(20(16)31)15-9-5-13(22)6-10-15/h3-11,16H,2H2,1H3,(H,24,28)(H,26,29)(H,25,30,32)/b23-11-/t16-/m1/s1. The molecule has 2 aromatic carbocycles. The van der Waals surface area contributed by atoms with Gasteiger partial charge in [0.1, 0.15) is 0 Å². The van der Waals surface area contributed by atoms with Crippen LogP contribution in [0.5, 0.6) is 0 Å². The molecule has 0 spiro atoms. The number of halogens is 1. The zero-order chi connectivity index (χ0) is 23.3. The number of hydrogen-bond donors (Lipinski definition) is 3. The molecule has 1 fully saturated rings. The van der Waals surface area contributed by atoms with Crippen LogP contribution < -0.4 is 21.0 Å². The minimum atomic E-state index is -1.42. The summed E-state index contributed by atoms with van der Waals surface area (Å²) < 4.78 is 0. The molecule has 0 aliphatic carbocycles. The Balaban J connectivity index is 1.67. The largest absolute Gasteiger partial charge is 0.335 e. The van der Waals surface area contributed by atoms with Crippen LogP contribution in [-0.4, -0.2) is 35.9 Å². The molecule has 1 saturated heterocycles. The predicted octanol–water partition coefficient (Wildman–Crippen LogP) is 2.30. The van der Waals surface area contributed by atoms with E-state index >= 15 is 0 Å². The Kier molecular flexibility index (Phi) is 6.96. The third kappa shape index (κ3) is 5.16. The van der Waals surface area contributed by atoms with Crippen LogP contribution >= 0.6 is 11.6 Å². The molecule has 32 heavy (non-hydrogen) atoms. The molecule has 0 radical (unpaired) electrons. The normalized spacial score (nSPS) is 16.1. The molecule has 0 aromatic heterocycles. The monoisotopic (exact) mass is 455 g/mol. The summed E-state index contributed by atoms with van der Waals surface area (Å²) in [7, 11) is 0. The van der Waals surface area contributed by atoms with Crippen molar-refractivity contribution >= 4 is 58.9 Å². The maximum Gasteiger partial charge on any atom is 0.335 e. The summed E-state index contributed by atoms with van der Waals surface area (Å²) >= 11 is 5.82. The third-order valence-corrected chi connectivity index (χ3v) is 4.68. The molecule has 2 aromatic rings. The third-order valence-electron chi connectivity index (χ3n) is 4.43. The summed E-state index contributed by atoms with van der Waals surface area (Å²) in [4.78, 5) is 61.3. The molecule has 3 N–H and O–H groups in total. The zero-order valence-corrected chi connectivity index (χ0v) is 17.6. The van der Waals surface area contributed by atoms with E-state index in [2.05, 4.69) is 21.2 Å². The van der Waals surface area contributed by atoms with Crippen molar-refractivity contribution in [3.8, 4) is 0 Å². The van der Waals surface area contributed by atoms with Crippen molar-refractivity contribution in [1.82, 2.24) is 10.7 Å². The number of carbonyl (C=O) groups excluding carboxylic acids is 5. The highest BCUT2D eigenvalue weighted by molar-refractivity contribution is 6.33. The van der Waals surface area contributed by atoms with Crippen LogP contribution in [0, 0.1) is 5.92 Å². The number of amides is 6. The van der Waals surface area contributed by atoms with Gasteiger partial charge < -0.3 is 5.32 Å². The second-order valence-electron chi connectivity index (χ2n) is 6.62. The first-order valence-electron chi connectivity index (χ1n) is 9.48. The highest BCUT2D eigenvalue weighted by Gasteiger charge is 2.40. The number of carbonyl (C=O) groups is 5. The molecule has 1 heterocycles. The minimum absolute atomic E-state index is 0.159. The van der Waals surface area contributed by atoms with Gasteiger partial charge in [-0.15, -0.1) is 0 Å². The Bertz CT molecular complexity index is 1100. The van der Waals surface area contributed by atoms with E-state index in [1.165, 1.54) is 36.4 Å². The molecule has 0 unspecified atom stereocenters. The number of urea groups is 1. The number of hydrazone groups is 1. The molecular formula is C21H18ClN5O5. The summed E-state index contributed by atoms with van der Waals surface area (Å²) in [6, 6.07) is 11.1. The predicted molar refractivity (Wildman–Crippen MR) is 117 cm³/mol. The highest BCUT2D eigenvalue weighted by atomic mass is 35.5. The molecule has 11 heteroatoms. The first-order valence-corrected chi connectivity index (χ1v) is 9.85. The lowest BCUT2D eigenvalue weighted by molar-refractivity contribution is -0.131. The number of benzene rings is 2. The van der Waals surface area contributed by atoms with Gasteiger partial charge in [-0.1, -0.05) is 18.5 Å². The number of anilines is 2. The van der Waals surface area contributed by atoms with Crippen molar-refractivity contribution in [2.45, 2.75) is 13.3 Å². The number of barbiturate groups is 1. The van der Waals surface area contributed by atoms with Gasteiger partial charge in [-0.25, -0.2) is 15.1 Å². The highest BCUT2D eigenvalue weighted by Crippen LogP contribution is 2.22. The number of nitrogens with zero attached hydrogens (tertiary/aromatic N) is 2. The first kappa shape index (κ1) is 22.6. The summed E-state index contributed by atoms with van der Waals surface area (Å²) in [6.45, 7) is 1.72. The second-order valence-corrected chi connectivity index (χ2v) is 7.06. The molecule has 1 atom stereocenters. The lowest BCUT2D eigenvalue weighted by atomic mass is 10.1. The molecule has 6 amide bonds. The van der Waals surface area contributed by atoms with Gasteiger partial charge in [-0.2, -0.15) is 5.10 Å². The van der Waals surface area contributed by atoms with Crippen LogP contribution in [0.25, 0.3) is 0 Å². The summed E-state index contributed by atoms with van der Waals surface area (Å²) in [6.07, 6.45) is 1.27. The van der Waals surface area contributed by atoms with Gasteiger partial charge >= 0.3 is 6.03 Å². The Morgan fingerprint density at radius 1 is 1.09 bits per heavy atom. The Labute approximate surface area is 187 Å². The van der Waals surface area contributed by atoms with Crippen molar-refractivity contribution < 1.29 is 24.0 Å². The van der Waals surface area contributed by atoms with E-state index in [0.29, 0.717) is 17.1 Å². The summed E-state index contributed by atoms with van der Waals surface area (Å²) in [5.41, 5.74) is 3.23. The van der Waals surface area contributed by atoms with Crippen molar-refractivity contribution in [1.29, 1.82) is 0 Å². The topological polar surface area (TPSA) is 137 Å². The quantitative estimate of drug-likeness (QED) is 0.348. The van der Waals surface area contributed by atoms with Crippen molar-refractivity contribution in [2.24, 2.45) is 11.0 Å². The van der Waals surface area contributed by atoms with E-state index < -0.39 is 29.7 Å². The summed E-state index contributed by atoms with van der Waals surface area (Å²) in [5, 5.41) is 8.83. The SMILES string of the molecule is CCC(=O)Nc1ccc(C(=O)N/N=C\[C@@H]2C(=O)NC(=O)N(c3ccc(Cl)cc3)C2=O)cc1. The van der Waals surface area contributed by atoms with E-state index in [-0.39, 0.29) is 17.2 Å². The average molecular weight is 456 g/mol. The Morgan fingerprint density at radius 3 is 2.38 bits per heavy atom. The Morgan fingerprint density at radius 2 is 1.75 bits per heavy atom. The van der Waals surface area contributed by atoms with Crippen LogP contribution in [0.1, 0.15) is 23.7 Å². The van der Waals surface area contributed by atoms with Gasteiger partial charge in [0.15, 0.2) is 5.92 Å². The number of imide groups is 2. The van der Waals surface area contributed by atoms with E-state index in [1.807, 2.05) is 0 Å². The fourth-order valence-corrected chi connectivity index (χ4v) is 2.87. The first-order chi connectivity index (χ1) is 15.3. The van der Waals surface area contributed by atoms with Crippen LogP contribution in [-0.2, 0) is 14.4 Å². The lowest BCUT2D eigenvalue weighted by Crippen LogP contribution is -2.58. The molecule has 1 aliphatic rings. The van der Waals surface area contributed by atoms with Gasteiger partial charge in [0.25, 0.3) is 11.8 Å². The van der Waals surface area contributed by atoms with Gasteiger partial charge in [0.05, 0.1) is 5.69 Å². The van der Waals surface area contributed by atoms with Gasteiger partial charge in [-0.3, -0.25) is 24.5 Å². The van der Waals surface area contributed by atoms with Gasteiger partial charge in [0.2, 0.25) is 11.8 Å². The minimum Gasteiger partial charge on any atom is -0.326 e. The van der Waals surface area contributed by atoms with Crippen LogP contribution in [0.4, 0.5) is 16.2 Å². The molecule has 1 aliphatic heterocycles. The van der Waals surface area contributed by atoms with E-state index in [1.54, 1.807) is 19.1 Å². The number of rotatable bonds is 6. The molecule has 10 nitrogen and oxygen atoms in total. The number of nitrogens with one attached hydrogen (secondary N) is 3. The molecule has 0 saturated carbocycles. The maximum atomic E-state index is 12.7. The molecular weight excluding hydrogens is 438 g/mol. The maximum absolute atomic E-state index is 12.7. The Hall–Kier alpha value is -4.05. The zero-order valence-electron chi connectivity index (χ0n) is 16.8. The number of hydrogen-bond acceptors (Lipinski definition) is 6. The van der Waals surface area contributed by atoms with E-state index in [9.17, 15) is 24.0 Å². The van der Waals surface area contributed by atoms with Crippen LogP contribution in [0.15, 0.2) is 53.6 Å². The molecule has 0 bridgehead atoms. The van der Waals surface area contributed by atoms with Crippen LogP contribution in [0.3, 0.4) is 0 Å². The van der Waals surface area contributed by atoms with E-state index in [4.69, 9.17) is 11.6 Å². The van der Waals surface area contributed by atoms with Crippen molar-refractivity contribution in [3.63, 3.8) is 0 Å². The molecule has 3 rings (SSSR count). The second kappa shape index (κ2) is 9.84. The van der Waals surface area contributed by atoms with Crippen molar-refractivity contribution in [2.75, 3.05) is 10.2 Å². The van der Waals surface area contributed by atoms with Crippen LogP contribution in [0.2, 0.25) is 5.02 Å². The fraction of sp³-hybridized carbons (Fsp3) is 0.143. The molecule has 164 valence electrons. The lowest BCUT2D eigenvalue weighted by Gasteiger charge is -2.28. The average Bonchev–Trinajstić information content (AvgIpc) is 2.77. The van der Waals surface area contributed by atoms with E-state index in [0.717, 1.165) is 11.1 Å². The van der Waals surface area contributed by atoms with Gasteiger partial charge in [0, 0.05) is 28.9 Å². The van der Waals surface area contributed by atoms with Gasteiger partial charge in [-0.05, 0) is 48.5 Å². The van der Waals surface area contributed by atoms with Crippen molar-refractivity contribution in [3.05, 3.63) is 59.1 Å². The smallest absolute Gasteiger partial charge is 0.326 e.